The van der Waals surface area contributed by atoms with E-state index in [0.717, 1.165) is 6.54 Å². The van der Waals surface area contributed by atoms with Gasteiger partial charge in [-0.15, -0.1) is 11.3 Å². The fraction of sp³-hybridized carbons (Fsp3) is 0.600. The van der Waals surface area contributed by atoms with Crippen LogP contribution in [0.1, 0.15) is 17.7 Å². The molecule has 13 heavy (non-hydrogen) atoms. The van der Waals surface area contributed by atoms with Crippen molar-refractivity contribution in [1.29, 1.82) is 0 Å². The van der Waals surface area contributed by atoms with Crippen molar-refractivity contribution in [2.75, 3.05) is 12.8 Å². The van der Waals surface area contributed by atoms with Gasteiger partial charge >= 0.3 is 0 Å². The van der Waals surface area contributed by atoms with Gasteiger partial charge in [0.25, 0.3) is 0 Å². The summed E-state index contributed by atoms with van der Waals surface area (Å²) in [5, 5.41) is 5.67. The van der Waals surface area contributed by atoms with E-state index >= 15 is 0 Å². The Bertz CT molecular complexity index is 252. The molecule has 0 atom stereocenters. The summed E-state index contributed by atoms with van der Waals surface area (Å²) in [5.74, 6) is 0. The van der Waals surface area contributed by atoms with Crippen LogP contribution in [0.25, 0.3) is 0 Å². The molecule has 1 N–H and O–H groups in total. The third kappa shape index (κ3) is 2.48. The summed E-state index contributed by atoms with van der Waals surface area (Å²) in [7, 11) is 0. The maximum atomic E-state index is 3.53. The summed E-state index contributed by atoms with van der Waals surface area (Å²) in [6.45, 7) is 2.21. The molecule has 0 unspecified atom stereocenters. The highest BCUT2D eigenvalue weighted by atomic mass is 32.2. The summed E-state index contributed by atoms with van der Waals surface area (Å²) in [6.07, 6.45) is 5.01. The average Bonchev–Trinajstić information content (AvgIpc) is 2.74. The van der Waals surface area contributed by atoms with E-state index in [-0.39, 0.29) is 0 Å². The van der Waals surface area contributed by atoms with Gasteiger partial charge in [-0.25, -0.2) is 0 Å². The Morgan fingerprint density at radius 1 is 1.62 bits per heavy atom. The van der Waals surface area contributed by atoms with Crippen molar-refractivity contribution in [2.24, 2.45) is 0 Å². The zero-order valence-electron chi connectivity index (χ0n) is 7.88. The quantitative estimate of drug-likeness (QED) is 0.807. The van der Waals surface area contributed by atoms with Gasteiger partial charge < -0.3 is 5.32 Å². The van der Waals surface area contributed by atoms with Crippen molar-refractivity contribution in [3.63, 3.8) is 0 Å². The van der Waals surface area contributed by atoms with E-state index < -0.39 is 0 Å². The molecule has 0 saturated heterocycles. The standard InChI is InChI=1S/C10H15NS2/c1-12-10(4-5-10)8-11-7-9-3-2-6-13-9/h2-3,6,11H,4-5,7-8H2,1H3. The van der Waals surface area contributed by atoms with Gasteiger partial charge in [0.2, 0.25) is 0 Å². The topological polar surface area (TPSA) is 12.0 Å². The molecule has 0 aliphatic heterocycles. The first-order valence-corrected chi connectivity index (χ1v) is 6.73. The van der Waals surface area contributed by atoms with E-state index in [0.29, 0.717) is 4.75 Å². The average molecular weight is 213 g/mol. The van der Waals surface area contributed by atoms with Crippen LogP contribution in [-0.4, -0.2) is 17.5 Å². The molecule has 2 rings (SSSR count). The van der Waals surface area contributed by atoms with Crippen molar-refractivity contribution >= 4 is 23.1 Å². The maximum absolute atomic E-state index is 3.53. The minimum absolute atomic E-state index is 0.595. The Hall–Kier alpha value is 0.01000. The number of hydrogen-bond acceptors (Lipinski definition) is 3. The van der Waals surface area contributed by atoms with Crippen molar-refractivity contribution in [3.8, 4) is 0 Å². The third-order valence-corrected chi connectivity index (χ3v) is 4.86. The Morgan fingerprint density at radius 2 is 2.46 bits per heavy atom. The predicted molar refractivity (Wildman–Crippen MR) is 61.5 cm³/mol. The largest absolute Gasteiger partial charge is 0.310 e. The van der Waals surface area contributed by atoms with Crippen LogP contribution in [0.3, 0.4) is 0 Å². The molecule has 1 aliphatic rings. The normalized spacial score (nSPS) is 18.8. The van der Waals surface area contributed by atoms with Crippen molar-refractivity contribution in [1.82, 2.24) is 5.32 Å². The molecule has 1 aromatic heterocycles. The second-order valence-electron chi connectivity index (χ2n) is 3.57. The lowest BCUT2D eigenvalue weighted by Crippen LogP contribution is -2.24. The molecule has 3 heteroatoms. The highest BCUT2D eigenvalue weighted by Crippen LogP contribution is 2.46. The smallest absolute Gasteiger partial charge is 0.0300 e. The molecular weight excluding hydrogens is 198 g/mol. The van der Waals surface area contributed by atoms with Crippen molar-refractivity contribution in [3.05, 3.63) is 22.4 Å². The Balaban J connectivity index is 1.70. The van der Waals surface area contributed by atoms with Crippen LogP contribution >= 0.6 is 23.1 Å². The van der Waals surface area contributed by atoms with Gasteiger partial charge in [-0.1, -0.05) is 6.07 Å². The molecule has 0 spiro atoms. The fourth-order valence-corrected chi connectivity index (χ4v) is 2.85. The van der Waals surface area contributed by atoms with Crippen LogP contribution in [-0.2, 0) is 6.54 Å². The Morgan fingerprint density at radius 3 is 3.00 bits per heavy atom. The van der Waals surface area contributed by atoms with E-state index in [1.165, 1.54) is 24.3 Å². The van der Waals surface area contributed by atoms with Gasteiger partial charge in [-0.05, 0) is 30.5 Å². The van der Waals surface area contributed by atoms with Crippen LogP contribution in [0.4, 0.5) is 0 Å². The zero-order valence-corrected chi connectivity index (χ0v) is 9.51. The van der Waals surface area contributed by atoms with E-state index in [1.54, 1.807) is 0 Å². The van der Waals surface area contributed by atoms with E-state index in [2.05, 4.69) is 29.1 Å². The third-order valence-electron chi connectivity index (χ3n) is 2.57. The van der Waals surface area contributed by atoms with Gasteiger partial charge in [0.15, 0.2) is 0 Å². The number of thioether (sulfide) groups is 1. The highest BCUT2D eigenvalue weighted by molar-refractivity contribution is 8.00. The number of thiophene rings is 1. The molecule has 1 heterocycles. The van der Waals surface area contributed by atoms with Crippen molar-refractivity contribution < 1.29 is 0 Å². The minimum Gasteiger partial charge on any atom is -0.310 e. The predicted octanol–water partition coefficient (Wildman–Crippen LogP) is 2.73. The second kappa shape index (κ2) is 4.03. The van der Waals surface area contributed by atoms with E-state index in [4.69, 9.17) is 0 Å². The Kier molecular flexibility index (Phi) is 2.96. The summed E-state index contributed by atoms with van der Waals surface area (Å²) < 4.78 is 0.595. The summed E-state index contributed by atoms with van der Waals surface area (Å²) in [4.78, 5) is 1.44. The van der Waals surface area contributed by atoms with Crippen molar-refractivity contribution in [2.45, 2.75) is 24.1 Å². The monoisotopic (exact) mass is 213 g/mol. The minimum atomic E-state index is 0.595. The van der Waals surface area contributed by atoms with Crippen LogP contribution in [0, 0.1) is 0 Å². The molecule has 1 saturated carbocycles. The van der Waals surface area contributed by atoms with E-state index in [1.807, 2.05) is 23.1 Å². The zero-order chi connectivity index (χ0) is 9.15. The number of nitrogens with one attached hydrogen (secondary N) is 1. The van der Waals surface area contributed by atoms with Gasteiger partial charge in [-0.3, -0.25) is 0 Å². The molecule has 0 bridgehead atoms. The Labute approximate surface area is 87.9 Å². The second-order valence-corrected chi connectivity index (χ2v) is 5.88. The molecule has 1 nitrogen and oxygen atoms in total. The first-order valence-electron chi connectivity index (χ1n) is 4.63. The molecular formula is C10H15NS2. The SMILES string of the molecule is CSC1(CNCc2cccs2)CC1. The fourth-order valence-electron chi connectivity index (χ4n) is 1.42. The first kappa shape index (κ1) is 9.56. The van der Waals surface area contributed by atoms with Gasteiger partial charge in [0.05, 0.1) is 0 Å². The molecule has 1 aliphatic carbocycles. The van der Waals surface area contributed by atoms with Crippen LogP contribution in [0.5, 0.6) is 0 Å². The molecule has 1 fully saturated rings. The lowest BCUT2D eigenvalue weighted by molar-refractivity contribution is 0.669. The van der Waals surface area contributed by atoms with Gasteiger partial charge in [0, 0.05) is 22.7 Å². The lowest BCUT2D eigenvalue weighted by atomic mass is 10.4. The molecule has 0 aromatic carbocycles. The number of hydrogen-bond donors (Lipinski definition) is 1. The van der Waals surface area contributed by atoms with Crippen LogP contribution in [0.2, 0.25) is 0 Å². The summed E-state index contributed by atoms with van der Waals surface area (Å²) >= 11 is 3.85. The molecule has 72 valence electrons. The van der Waals surface area contributed by atoms with Gasteiger partial charge in [0.1, 0.15) is 0 Å². The van der Waals surface area contributed by atoms with Crippen LogP contribution in [0.15, 0.2) is 17.5 Å². The molecule has 1 aromatic rings. The van der Waals surface area contributed by atoms with Gasteiger partial charge in [-0.2, -0.15) is 11.8 Å². The van der Waals surface area contributed by atoms with Crippen LogP contribution < -0.4 is 5.32 Å². The highest BCUT2D eigenvalue weighted by Gasteiger charge is 2.41. The summed E-state index contributed by atoms with van der Waals surface area (Å²) in [5.41, 5.74) is 0. The molecule has 0 amide bonds. The maximum Gasteiger partial charge on any atom is 0.0300 e. The lowest BCUT2D eigenvalue weighted by Gasteiger charge is -2.11. The number of rotatable bonds is 5. The van der Waals surface area contributed by atoms with E-state index in [9.17, 15) is 0 Å². The first-order chi connectivity index (χ1) is 6.35. The summed E-state index contributed by atoms with van der Waals surface area (Å²) in [6, 6.07) is 4.31. The molecule has 0 radical (unpaired) electrons.